The Balaban J connectivity index is 2.13. The highest BCUT2D eigenvalue weighted by molar-refractivity contribution is 7.90. The molecule has 1 aliphatic rings. The van der Waals surface area contributed by atoms with Gasteiger partial charge in [0.25, 0.3) is 0 Å². The molecule has 94 valence electrons. The van der Waals surface area contributed by atoms with Crippen molar-refractivity contribution in [1.82, 2.24) is 9.62 Å². The summed E-state index contributed by atoms with van der Waals surface area (Å²) in [5.41, 5.74) is 0.596. The van der Waals surface area contributed by atoms with Crippen LogP contribution in [0, 0.1) is 0 Å². The molecule has 0 bridgehead atoms. The van der Waals surface area contributed by atoms with Crippen LogP contribution in [-0.4, -0.2) is 38.4 Å². The quantitative estimate of drug-likeness (QED) is 0.833. The van der Waals surface area contributed by atoms with Crippen molar-refractivity contribution in [3.63, 3.8) is 0 Å². The highest BCUT2D eigenvalue weighted by Gasteiger charge is 2.29. The predicted molar refractivity (Wildman–Crippen MR) is 68.0 cm³/mol. The largest absolute Gasteiger partial charge is 0.314 e. The second-order valence-electron chi connectivity index (χ2n) is 4.14. The third-order valence-electron chi connectivity index (χ3n) is 2.77. The van der Waals surface area contributed by atoms with Crippen molar-refractivity contribution >= 4 is 15.9 Å². The molecule has 0 saturated carbocycles. The smallest absolute Gasteiger partial charge is 0.301 e. The number of para-hydroxylation sites is 1. The second kappa shape index (κ2) is 5.03. The topological polar surface area (TPSA) is 61.4 Å². The molecule has 5 nitrogen and oxygen atoms in total. The molecular formula is C11H17N3O2S. The molecule has 0 radical (unpaired) electrons. The van der Waals surface area contributed by atoms with Gasteiger partial charge in [-0.05, 0) is 19.1 Å². The molecule has 0 spiro atoms. The van der Waals surface area contributed by atoms with Gasteiger partial charge in [0.1, 0.15) is 0 Å². The normalized spacial score (nSPS) is 22.3. The van der Waals surface area contributed by atoms with Crippen molar-refractivity contribution in [1.29, 1.82) is 0 Å². The predicted octanol–water partition coefficient (Wildman–Crippen LogP) is 0.637. The van der Waals surface area contributed by atoms with Crippen molar-refractivity contribution in [2.45, 2.75) is 13.0 Å². The molecule has 0 aliphatic carbocycles. The van der Waals surface area contributed by atoms with Gasteiger partial charge < -0.3 is 5.32 Å². The molecule has 1 heterocycles. The Morgan fingerprint density at radius 2 is 2.06 bits per heavy atom. The van der Waals surface area contributed by atoms with Crippen molar-refractivity contribution in [2.24, 2.45) is 0 Å². The SMILES string of the molecule is CC1CNCCN1S(=O)(=O)Nc1ccccc1. The van der Waals surface area contributed by atoms with E-state index in [-0.39, 0.29) is 6.04 Å². The Morgan fingerprint density at radius 1 is 1.35 bits per heavy atom. The molecule has 1 aromatic carbocycles. The summed E-state index contributed by atoms with van der Waals surface area (Å²) in [6.45, 7) is 3.79. The number of piperazine rings is 1. The van der Waals surface area contributed by atoms with E-state index < -0.39 is 10.2 Å². The van der Waals surface area contributed by atoms with Crippen LogP contribution in [0.2, 0.25) is 0 Å². The number of hydrogen-bond acceptors (Lipinski definition) is 3. The molecule has 1 aromatic rings. The van der Waals surface area contributed by atoms with Gasteiger partial charge in [-0.1, -0.05) is 18.2 Å². The van der Waals surface area contributed by atoms with E-state index >= 15 is 0 Å². The number of nitrogens with one attached hydrogen (secondary N) is 2. The fraction of sp³-hybridized carbons (Fsp3) is 0.455. The summed E-state index contributed by atoms with van der Waals surface area (Å²) in [5.74, 6) is 0. The highest BCUT2D eigenvalue weighted by Crippen LogP contribution is 2.14. The molecule has 2 rings (SSSR count). The minimum absolute atomic E-state index is 0.0232. The molecular weight excluding hydrogens is 238 g/mol. The van der Waals surface area contributed by atoms with Crippen molar-refractivity contribution in [2.75, 3.05) is 24.4 Å². The summed E-state index contributed by atoms with van der Waals surface area (Å²) in [7, 11) is -3.44. The minimum Gasteiger partial charge on any atom is -0.314 e. The fourth-order valence-corrected chi connectivity index (χ4v) is 3.32. The van der Waals surface area contributed by atoms with Gasteiger partial charge in [0, 0.05) is 31.4 Å². The van der Waals surface area contributed by atoms with Crippen LogP contribution in [0.4, 0.5) is 5.69 Å². The van der Waals surface area contributed by atoms with E-state index in [0.29, 0.717) is 25.3 Å². The molecule has 2 N–H and O–H groups in total. The van der Waals surface area contributed by atoms with E-state index in [1.807, 2.05) is 13.0 Å². The average molecular weight is 255 g/mol. The van der Waals surface area contributed by atoms with Gasteiger partial charge in [-0.15, -0.1) is 0 Å². The lowest BCUT2D eigenvalue weighted by Gasteiger charge is -2.32. The van der Waals surface area contributed by atoms with Crippen LogP contribution in [0.3, 0.4) is 0 Å². The average Bonchev–Trinajstić information content (AvgIpc) is 2.30. The Kier molecular flexibility index (Phi) is 3.66. The van der Waals surface area contributed by atoms with Gasteiger partial charge in [-0.25, -0.2) is 0 Å². The van der Waals surface area contributed by atoms with E-state index in [0.717, 1.165) is 0 Å². The Bertz CT molecular complexity index is 461. The maximum Gasteiger partial charge on any atom is 0.301 e. The van der Waals surface area contributed by atoms with Crippen molar-refractivity contribution in [3.05, 3.63) is 30.3 Å². The molecule has 1 saturated heterocycles. The van der Waals surface area contributed by atoms with Crippen LogP contribution in [0.15, 0.2) is 30.3 Å². The Hall–Kier alpha value is -1.11. The third kappa shape index (κ3) is 2.96. The minimum atomic E-state index is -3.44. The first kappa shape index (κ1) is 12.3. The van der Waals surface area contributed by atoms with Gasteiger partial charge >= 0.3 is 10.2 Å². The summed E-state index contributed by atoms with van der Waals surface area (Å²) >= 11 is 0. The second-order valence-corrected chi connectivity index (χ2v) is 5.76. The lowest BCUT2D eigenvalue weighted by atomic mass is 10.3. The molecule has 1 atom stereocenters. The van der Waals surface area contributed by atoms with Gasteiger partial charge in [0.15, 0.2) is 0 Å². The van der Waals surface area contributed by atoms with Gasteiger partial charge in [0.2, 0.25) is 0 Å². The van der Waals surface area contributed by atoms with E-state index in [4.69, 9.17) is 0 Å². The summed E-state index contributed by atoms with van der Waals surface area (Å²) < 4.78 is 28.4. The highest BCUT2D eigenvalue weighted by atomic mass is 32.2. The van der Waals surface area contributed by atoms with Crippen LogP contribution in [0.5, 0.6) is 0 Å². The van der Waals surface area contributed by atoms with E-state index in [1.165, 1.54) is 4.31 Å². The molecule has 6 heteroatoms. The zero-order valence-corrected chi connectivity index (χ0v) is 10.6. The van der Waals surface area contributed by atoms with Gasteiger partial charge in [-0.3, -0.25) is 4.72 Å². The number of rotatable bonds is 3. The van der Waals surface area contributed by atoms with E-state index in [9.17, 15) is 8.42 Å². The lowest BCUT2D eigenvalue weighted by molar-refractivity contribution is 0.285. The molecule has 1 aliphatic heterocycles. The van der Waals surface area contributed by atoms with Crippen LogP contribution in [0.1, 0.15) is 6.92 Å². The molecule has 17 heavy (non-hydrogen) atoms. The monoisotopic (exact) mass is 255 g/mol. The van der Waals surface area contributed by atoms with Crippen molar-refractivity contribution in [3.8, 4) is 0 Å². The Labute approximate surface area is 102 Å². The van der Waals surface area contributed by atoms with Crippen LogP contribution in [0.25, 0.3) is 0 Å². The summed E-state index contributed by atoms with van der Waals surface area (Å²) in [5, 5.41) is 3.17. The number of benzene rings is 1. The summed E-state index contributed by atoms with van der Waals surface area (Å²) in [4.78, 5) is 0. The molecule has 1 unspecified atom stereocenters. The van der Waals surface area contributed by atoms with Crippen LogP contribution in [-0.2, 0) is 10.2 Å². The standard InChI is InChI=1S/C11H17N3O2S/c1-10-9-12-7-8-14(10)17(15,16)13-11-5-3-2-4-6-11/h2-6,10,12-13H,7-9H2,1H3. The van der Waals surface area contributed by atoms with Crippen LogP contribution >= 0.6 is 0 Å². The van der Waals surface area contributed by atoms with Gasteiger partial charge in [0.05, 0.1) is 0 Å². The summed E-state index contributed by atoms with van der Waals surface area (Å²) in [6, 6.07) is 8.92. The Morgan fingerprint density at radius 3 is 2.71 bits per heavy atom. The number of anilines is 1. The maximum atomic E-state index is 12.2. The number of hydrogen-bond donors (Lipinski definition) is 2. The first-order chi connectivity index (χ1) is 8.09. The van der Waals surface area contributed by atoms with Gasteiger partial charge in [-0.2, -0.15) is 12.7 Å². The zero-order chi connectivity index (χ0) is 12.3. The van der Waals surface area contributed by atoms with E-state index in [1.54, 1.807) is 24.3 Å². The molecule has 0 amide bonds. The first-order valence-electron chi connectivity index (χ1n) is 5.65. The lowest BCUT2D eigenvalue weighted by Crippen LogP contribution is -2.53. The van der Waals surface area contributed by atoms with Crippen LogP contribution < -0.4 is 10.0 Å². The molecule has 0 aromatic heterocycles. The summed E-state index contributed by atoms with van der Waals surface area (Å²) in [6.07, 6.45) is 0. The first-order valence-corrected chi connectivity index (χ1v) is 7.09. The zero-order valence-electron chi connectivity index (χ0n) is 9.76. The number of nitrogens with zero attached hydrogens (tertiary/aromatic N) is 1. The fourth-order valence-electron chi connectivity index (χ4n) is 1.89. The van der Waals surface area contributed by atoms with E-state index in [2.05, 4.69) is 10.0 Å². The maximum absolute atomic E-state index is 12.2. The molecule has 1 fully saturated rings. The third-order valence-corrected chi connectivity index (χ3v) is 4.42. The van der Waals surface area contributed by atoms with Crippen molar-refractivity contribution < 1.29 is 8.42 Å².